The van der Waals surface area contributed by atoms with Crippen molar-refractivity contribution in [2.75, 3.05) is 22.7 Å². The highest BCUT2D eigenvalue weighted by molar-refractivity contribution is 8.02. The van der Waals surface area contributed by atoms with Gasteiger partial charge in [0.05, 0.1) is 27.5 Å². The molecule has 0 saturated carbocycles. The number of rotatable bonds is 0. The van der Waals surface area contributed by atoms with Gasteiger partial charge >= 0.3 is 0 Å². The molecule has 4 unspecified atom stereocenters. The van der Waals surface area contributed by atoms with Crippen molar-refractivity contribution in [3.63, 3.8) is 0 Å². The van der Waals surface area contributed by atoms with E-state index in [2.05, 4.69) is 32.6 Å². The summed E-state index contributed by atoms with van der Waals surface area (Å²) in [5.41, 5.74) is 3.88. The Morgan fingerprint density at radius 3 is 2.85 bits per heavy atom. The summed E-state index contributed by atoms with van der Waals surface area (Å²) in [7, 11) is 0. The number of hydrogen-bond donors (Lipinski definition) is 2. The van der Waals surface area contributed by atoms with Crippen LogP contribution < -0.4 is 9.62 Å². The minimum atomic E-state index is -1.59. The molecule has 7 rings (SSSR count). The number of alkyl halides is 1. The summed E-state index contributed by atoms with van der Waals surface area (Å²) in [5.74, 6) is 0. The smallest absolute Gasteiger partial charge is 0.152 e. The first-order valence-corrected chi connectivity index (χ1v) is 12.5. The number of anilines is 2. The van der Waals surface area contributed by atoms with Gasteiger partial charge in [-0.3, -0.25) is 4.98 Å². The van der Waals surface area contributed by atoms with E-state index in [4.69, 9.17) is 11.6 Å². The standard InChI is InChI=1S/C26H22ClFN4OS/c1-24(28)6-7-25(2)22-21(24)26(22)13-32(12-20(26)33)19-5-8-29-17-4-3-14(9-16(17)19)15-10-18(31-34-25)23(27)30-11-15/h3-11,20,31,33H,12-13H2,1-2H3. The molecule has 1 spiro atoms. The number of aliphatic hydroxyl groups excluding tert-OH is 1. The number of allylic oxidation sites excluding steroid dienone is 1. The zero-order chi connectivity index (χ0) is 23.5. The Morgan fingerprint density at radius 2 is 2.00 bits per heavy atom. The van der Waals surface area contributed by atoms with Gasteiger partial charge in [-0.2, -0.15) is 0 Å². The van der Waals surface area contributed by atoms with E-state index in [-0.39, 0.29) is 0 Å². The van der Waals surface area contributed by atoms with Crippen LogP contribution in [0.15, 0.2) is 66.0 Å². The minimum Gasteiger partial charge on any atom is -0.390 e. The number of halogens is 2. The van der Waals surface area contributed by atoms with Crippen molar-refractivity contribution in [3.05, 3.63) is 71.2 Å². The van der Waals surface area contributed by atoms with Crippen molar-refractivity contribution in [3.8, 4) is 11.1 Å². The van der Waals surface area contributed by atoms with Gasteiger partial charge < -0.3 is 14.7 Å². The third-order valence-corrected chi connectivity index (χ3v) is 9.17. The molecule has 1 saturated heterocycles. The average molecular weight is 493 g/mol. The number of aromatic nitrogens is 2. The zero-order valence-corrected chi connectivity index (χ0v) is 20.2. The van der Waals surface area contributed by atoms with Gasteiger partial charge in [0.2, 0.25) is 0 Å². The van der Waals surface area contributed by atoms with Crippen LogP contribution in [0.1, 0.15) is 13.8 Å². The number of pyridine rings is 2. The zero-order valence-electron chi connectivity index (χ0n) is 18.6. The van der Waals surface area contributed by atoms with Crippen LogP contribution in [-0.4, -0.2) is 44.7 Å². The van der Waals surface area contributed by atoms with E-state index >= 15 is 4.39 Å². The second-order valence-corrected chi connectivity index (χ2v) is 11.6. The summed E-state index contributed by atoms with van der Waals surface area (Å²) in [5, 5.41) is 12.8. The molecule has 0 amide bonds. The molecular weight excluding hydrogens is 471 g/mol. The van der Waals surface area contributed by atoms with Crippen LogP contribution in [0.25, 0.3) is 22.0 Å². The molecule has 5 nitrogen and oxygen atoms in total. The first-order valence-electron chi connectivity index (χ1n) is 11.3. The van der Waals surface area contributed by atoms with Gasteiger partial charge in [0, 0.05) is 42.1 Å². The number of benzene rings is 1. The predicted molar refractivity (Wildman–Crippen MR) is 136 cm³/mol. The van der Waals surface area contributed by atoms with Crippen molar-refractivity contribution in [2.45, 2.75) is 30.4 Å². The van der Waals surface area contributed by atoms with Gasteiger partial charge in [-0.25, -0.2) is 9.37 Å². The third kappa shape index (κ3) is 2.60. The Kier molecular flexibility index (Phi) is 3.98. The molecular formula is C26H22ClFN4OS. The molecule has 1 fully saturated rings. The fourth-order valence-electron chi connectivity index (χ4n) is 6.21. The van der Waals surface area contributed by atoms with E-state index in [1.807, 2.05) is 30.3 Å². The summed E-state index contributed by atoms with van der Waals surface area (Å²) in [6, 6.07) is 10.1. The molecule has 2 aliphatic heterocycles. The Bertz CT molecular complexity index is 1470. The molecule has 4 aliphatic rings. The number of aliphatic hydroxyl groups is 1. The Labute approximate surface area is 205 Å². The average Bonchev–Trinajstić information content (AvgIpc) is 3.42. The van der Waals surface area contributed by atoms with E-state index in [0.717, 1.165) is 33.3 Å². The van der Waals surface area contributed by atoms with E-state index in [9.17, 15) is 5.11 Å². The maximum absolute atomic E-state index is 15.8. The Morgan fingerprint density at radius 1 is 1.15 bits per heavy atom. The van der Waals surface area contributed by atoms with Crippen LogP contribution in [0.3, 0.4) is 0 Å². The molecule has 4 heterocycles. The molecule has 2 N–H and O–H groups in total. The quantitative estimate of drug-likeness (QED) is 0.243. The Hall–Kier alpha value is -2.61. The highest BCUT2D eigenvalue weighted by Gasteiger charge is 2.72. The van der Waals surface area contributed by atoms with E-state index in [1.165, 1.54) is 11.9 Å². The van der Waals surface area contributed by atoms with Crippen LogP contribution in [0.4, 0.5) is 15.8 Å². The third-order valence-electron chi connectivity index (χ3n) is 7.79. The fraction of sp³-hybridized carbons (Fsp3) is 0.308. The molecule has 4 atom stereocenters. The van der Waals surface area contributed by atoms with Crippen LogP contribution in [0.5, 0.6) is 0 Å². The van der Waals surface area contributed by atoms with Gasteiger partial charge in [-0.1, -0.05) is 23.7 Å². The first kappa shape index (κ1) is 20.7. The Balaban J connectivity index is 1.48. The molecule has 2 aromatic heterocycles. The number of fused-ring (bicyclic) bond motifs is 6. The lowest BCUT2D eigenvalue weighted by atomic mass is 9.88. The van der Waals surface area contributed by atoms with Crippen LogP contribution in [-0.2, 0) is 0 Å². The van der Waals surface area contributed by atoms with E-state index < -0.39 is 21.9 Å². The monoisotopic (exact) mass is 492 g/mol. The van der Waals surface area contributed by atoms with Crippen molar-refractivity contribution < 1.29 is 9.50 Å². The highest BCUT2D eigenvalue weighted by Crippen LogP contribution is 2.71. The largest absolute Gasteiger partial charge is 0.390 e. The molecule has 172 valence electrons. The lowest BCUT2D eigenvalue weighted by Crippen LogP contribution is -2.31. The normalized spacial score (nSPS) is 33.1. The second-order valence-electron chi connectivity index (χ2n) is 9.96. The SMILES string of the molecule is CC1(F)C=CC2(C)SNc3cc(cnc3Cl)-c3ccc4nccc(c4c3)N3CC(O)C4(C3)C1=C24. The molecule has 8 heteroatoms. The van der Waals surface area contributed by atoms with Crippen LogP contribution in [0, 0.1) is 5.41 Å². The van der Waals surface area contributed by atoms with E-state index in [1.54, 1.807) is 25.4 Å². The number of hydrogen-bond acceptors (Lipinski definition) is 6. The lowest BCUT2D eigenvalue weighted by molar-refractivity contribution is 0.131. The number of nitrogens with one attached hydrogen (secondary N) is 1. The molecule has 3 aromatic rings. The first-order chi connectivity index (χ1) is 16.2. The highest BCUT2D eigenvalue weighted by atomic mass is 35.5. The maximum Gasteiger partial charge on any atom is 0.152 e. The topological polar surface area (TPSA) is 61.3 Å². The van der Waals surface area contributed by atoms with Gasteiger partial charge in [-0.15, -0.1) is 0 Å². The van der Waals surface area contributed by atoms with E-state index in [0.29, 0.717) is 29.5 Å². The minimum absolute atomic E-state index is 0.372. The van der Waals surface area contributed by atoms with Gasteiger partial charge in [0.15, 0.2) is 5.15 Å². The molecule has 1 aromatic carbocycles. The van der Waals surface area contributed by atoms with Crippen molar-refractivity contribution in [1.82, 2.24) is 9.97 Å². The van der Waals surface area contributed by atoms with Crippen LogP contribution in [0.2, 0.25) is 5.15 Å². The van der Waals surface area contributed by atoms with Gasteiger partial charge in [0.1, 0.15) is 5.67 Å². The maximum atomic E-state index is 15.8. The van der Waals surface area contributed by atoms with Crippen LogP contribution >= 0.6 is 23.5 Å². The summed E-state index contributed by atoms with van der Waals surface area (Å²) in [4.78, 5) is 11.2. The summed E-state index contributed by atoms with van der Waals surface area (Å²) < 4.78 is 18.6. The van der Waals surface area contributed by atoms with Crippen molar-refractivity contribution in [1.29, 1.82) is 0 Å². The van der Waals surface area contributed by atoms with Gasteiger partial charge in [-0.05, 0) is 72.8 Å². The van der Waals surface area contributed by atoms with Crippen molar-refractivity contribution in [2.24, 2.45) is 5.41 Å². The molecule has 34 heavy (non-hydrogen) atoms. The summed E-state index contributed by atoms with van der Waals surface area (Å²) in [6.07, 6.45) is 6.41. The van der Waals surface area contributed by atoms with Gasteiger partial charge in [0.25, 0.3) is 0 Å². The number of nitrogens with zero attached hydrogens (tertiary/aromatic N) is 3. The second kappa shape index (κ2) is 6.53. The summed E-state index contributed by atoms with van der Waals surface area (Å²) in [6.45, 7) is 4.63. The molecule has 6 bridgehead atoms. The lowest BCUT2D eigenvalue weighted by Gasteiger charge is -2.29. The molecule has 0 radical (unpaired) electrons. The van der Waals surface area contributed by atoms with Crippen molar-refractivity contribution >= 4 is 45.8 Å². The predicted octanol–water partition coefficient (Wildman–Crippen LogP) is 5.56. The summed E-state index contributed by atoms with van der Waals surface area (Å²) >= 11 is 7.92. The fourth-order valence-corrected chi connectivity index (χ4v) is 7.42. The molecule has 2 aliphatic carbocycles.